The lowest BCUT2D eigenvalue weighted by Crippen LogP contribution is -2.06. The van der Waals surface area contributed by atoms with Crippen LogP contribution in [0.15, 0.2) is 59.2 Å². The zero-order chi connectivity index (χ0) is 17.6. The Labute approximate surface area is 155 Å². The van der Waals surface area contributed by atoms with Crippen LogP contribution in [0.5, 0.6) is 0 Å². The smallest absolute Gasteiger partial charge is 0.0704 e. The molecule has 1 atom stereocenters. The van der Waals surface area contributed by atoms with Crippen molar-refractivity contribution in [2.75, 3.05) is 5.32 Å². The molecule has 1 N–H and O–H groups in total. The minimum Gasteiger partial charge on any atom is -0.379 e. The molecule has 0 saturated carbocycles. The van der Waals surface area contributed by atoms with Gasteiger partial charge in [0.2, 0.25) is 0 Å². The second-order valence-corrected chi connectivity index (χ2v) is 7.42. The zero-order valence-electron chi connectivity index (χ0n) is 14.5. The van der Waals surface area contributed by atoms with Crippen molar-refractivity contribution < 1.29 is 0 Å². The summed E-state index contributed by atoms with van der Waals surface area (Å²) >= 11 is 3.49. The van der Waals surface area contributed by atoms with E-state index < -0.39 is 0 Å². The van der Waals surface area contributed by atoms with Crippen molar-refractivity contribution in [3.05, 3.63) is 70.5 Å². The summed E-state index contributed by atoms with van der Waals surface area (Å²) in [6.07, 6.45) is 1.89. The van der Waals surface area contributed by atoms with Gasteiger partial charge in [-0.3, -0.25) is 4.98 Å². The number of anilines is 1. The summed E-state index contributed by atoms with van der Waals surface area (Å²) in [6.45, 7) is 4.25. The maximum atomic E-state index is 4.44. The topological polar surface area (TPSA) is 29.9 Å². The van der Waals surface area contributed by atoms with Crippen LogP contribution in [0.25, 0.3) is 21.8 Å². The number of aryl methyl sites for hydroxylation is 2. The molecular formula is C21H20BrN3. The summed E-state index contributed by atoms with van der Waals surface area (Å²) in [5.41, 5.74) is 5.89. The molecule has 0 aliphatic rings. The largest absolute Gasteiger partial charge is 0.379 e. The molecule has 4 rings (SSSR count). The molecule has 0 aliphatic carbocycles. The maximum absolute atomic E-state index is 4.44. The van der Waals surface area contributed by atoms with Crippen molar-refractivity contribution in [2.24, 2.45) is 7.05 Å². The van der Waals surface area contributed by atoms with Crippen molar-refractivity contribution in [3.63, 3.8) is 0 Å². The number of hydrogen-bond donors (Lipinski definition) is 1. The Hall–Kier alpha value is -2.33. The van der Waals surface area contributed by atoms with Crippen LogP contribution in [0.2, 0.25) is 0 Å². The molecule has 0 spiro atoms. The van der Waals surface area contributed by atoms with E-state index in [9.17, 15) is 0 Å². The van der Waals surface area contributed by atoms with Gasteiger partial charge in [0.15, 0.2) is 0 Å². The van der Waals surface area contributed by atoms with Crippen molar-refractivity contribution in [3.8, 4) is 0 Å². The molecule has 126 valence electrons. The molecule has 0 saturated heterocycles. The monoisotopic (exact) mass is 393 g/mol. The van der Waals surface area contributed by atoms with Crippen molar-refractivity contribution in [1.82, 2.24) is 9.55 Å². The Kier molecular flexibility index (Phi) is 4.00. The summed E-state index contributed by atoms with van der Waals surface area (Å²) in [5, 5.41) is 6.13. The fourth-order valence-electron chi connectivity index (χ4n) is 3.54. The number of nitrogens with one attached hydrogen (secondary N) is 1. The highest BCUT2D eigenvalue weighted by Gasteiger charge is 2.12. The molecule has 1 unspecified atom stereocenters. The number of hydrogen-bond acceptors (Lipinski definition) is 2. The van der Waals surface area contributed by atoms with Crippen molar-refractivity contribution in [1.29, 1.82) is 0 Å². The average Bonchev–Trinajstić information content (AvgIpc) is 2.89. The van der Waals surface area contributed by atoms with Gasteiger partial charge in [0.1, 0.15) is 0 Å². The summed E-state index contributed by atoms with van der Waals surface area (Å²) < 4.78 is 3.33. The van der Waals surface area contributed by atoms with Crippen LogP contribution in [0, 0.1) is 6.92 Å². The lowest BCUT2D eigenvalue weighted by Gasteiger charge is -2.16. The van der Waals surface area contributed by atoms with E-state index in [1.54, 1.807) is 0 Å². The van der Waals surface area contributed by atoms with Gasteiger partial charge in [-0.15, -0.1) is 0 Å². The average molecular weight is 394 g/mol. The first-order valence-electron chi connectivity index (χ1n) is 8.40. The van der Waals surface area contributed by atoms with Crippen molar-refractivity contribution in [2.45, 2.75) is 19.9 Å². The molecule has 2 aromatic heterocycles. The molecule has 3 nitrogen and oxygen atoms in total. The summed E-state index contributed by atoms with van der Waals surface area (Å²) in [4.78, 5) is 4.44. The van der Waals surface area contributed by atoms with Gasteiger partial charge in [0.25, 0.3) is 0 Å². The van der Waals surface area contributed by atoms with Gasteiger partial charge in [-0.05, 0) is 55.8 Å². The Morgan fingerprint density at radius 1 is 1.04 bits per heavy atom. The quantitative estimate of drug-likeness (QED) is 0.464. The molecule has 25 heavy (non-hydrogen) atoms. The molecule has 4 aromatic rings. The van der Waals surface area contributed by atoms with E-state index in [1.807, 2.05) is 6.20 Å². The first-order valence-corrected chi connectivity index (χ1v) is 9.19. The number of pyridine rings is 1. The lowest BCUT2D eigenvalue weighted by atomic mass is 10.1. The minimum atomic E-state index is 0.240. The zero-order valence-corrected chi connectivity index (χ0v) is 16.1. The fraction of sp³-hybridized carbons (Fsp3) is 0.190. The standard InChI is InChI=1S/C21H20BrN3/c1-13(15-4-6-16(22)7-5-15)24-17-8-9-20-19(12-17)18-10-11-23-14(2)21(18)25(20)3/h4-13,24H,1-3H3. The minimum absolute atomic E-state index is 0.240. The van der Waals surface area contributed by atoms with E-state index in [0.717, 1.165) is 15.9 Å². The third-order valence-electron chi connectivity index (χ3n) is 4.84. The third-order valence-corrected chi connectivity index (χ3v) is 5.37. The van der Waals surface area contributed by atoms with Gasteiger partial charge in [-0.1, -0.05) is 28.1 Å². The number of rotatable bonds is 3. The number of benzene rings is 2. The molecule has 0 bridgehead atoms. The molecule has 0 radical (unpaired) electrons. The summed E-state index contributed by atoms with van der Waals surface area (Å²) in [7, 11) is 2.11. The molecule has 0 fully saturated rings. The van der Waals surface area contributed by atoms with E-state index >= 15 is 0 Å². The van der Waals surface area contributed by atoms with E-state index in [1.165, 1.54) is 27.4 Å². The number of fused-ring (bicyclic) bond motifs is 3. The second-order valence-electron chi connectivity index (χ2n) is 6.50. The summed E-state index contributed by atoms with van der Waals surface area (Å²) in [6, 6.07) is 17.4. The van der Waals surface area contributed by atoms with E-state index in [2.05, 4.69) is 100 Å². The van der Waals surface area contributed by atoms with Crippen LogP contribution in [0.3, 0.4) is 0 Å². The molecular weight excluding hydrogens is 374 g/mol. The van der Waals surface area contributed by atoms with Crippen LogP contribution in [-0.4, -0.2) is 9.55 Å². The van der Waals surface area contributed by atoms with Crippen LogP contribution in [-0.2, 0) is 7.05 Å². The van der Waals surface area contributed by atoms with Crippen LogP contribution in [0.1, 0.15) is 24.2 Å². The number of nitrogens with zero attached hydrogens (tertiary/aromatic N) is 2. The van der Waals surface area contributed by atoms with E-state index in [4.69, 9.17) is 0 Å². The summed E-state index contributed by atoms with van der Waals surface area (Å²) in [5.74, 6) is 0. The van der Waals surface area contributed by atoms with Gasteiger partial charge in [-0.2, -0.15) is 0 Å². The number of halogens is 1. The van der Waals surface area contributed by atoms with Gasteiger partial charge in [0.05, 0.1) is 11.2 Å². The van der Waals surface area contributed by atoms with E-state index in [0.29, 0.717) is 0 Å². The lowest BCUT2D eigenvalue weighted by molar-refractivity contribution is 0.885. The Morgan fingerprint density at radius 2 is 1.80 bits per heavy atom. The third kappa shape index (κ3) is 2.81. The SMILES string of the molecule is Cc1nccc2c3cc(NC(C)c4ccc(Br)cc4)ccc3n(C)c12. The Balaban J connectivity index is 1.75. The number of aromatic nitrogens is 2. The molecule has 4 heteroatoms. The highest BCUT2D eigenvalue weighted by atomic mass is 79.9. The highest BCUT2D eigenvalue weighted by molar-refractivity contribution is 9.10. The molecule has 2 heterocycles. The Morgan fingerprint density at radius 3 is 2.56 bits per heavy atom. The van der Waals surface area contributed by atoms with Gasteiger partial charge < -0.3 is 9.88 Å². The normalized spacial score (nSPS) is 12.6. The first-order chi connectivity index (χ1) is 12.0. The molecule has 0 amide bonds. The van der Waals surface area contributed by atoms with Gasteiger partial charge in [-0.25, -0.2) is 0 Å². The first kappa shape index (κ1) is 16.2. The van der Waals surface area contributed by atoms with Crippen LogP contribution in [0.4, 0.5) is 5.69 Å². The fourth-order valence-corrected chi connectivity index (χ4v) is 3.80. The highest BCUT2D eigenvalue weighted by Crippen LogP contribution is 2.32. The predicted octanol–water partition coefficient (Wildman–Crippen LogP) is 5.97. The van der Waals surface area contributed by atoms with Crippen LogP contribution < -0.4 is 5.32 Å². The second kappa shape index (κ2) is 6.19. The van der Waals surface area contributed by atoms with Gasteiger partial charge >= 0.3 is 0 Å². The van der Waals surface area contributed by atoms with Crippen molar-refractivity contribution >= 4 is 43.4 Å². The molecule has 2 aromatic carbocycles. The van der Waals surface area contributed by atoms with Crippen LogP contribution >= 0.6 is 15.9 Å². The van der Waals surface area contributed by atoms with E-state index in [-0.39, 0.29) is 6.04 Å². The maximum Gasteiger partial charge on any atom is 0.0704 e. The van der Waals surface area contributed by atoms with Gasteiger partial charge in [0, 0.05) is 45.7 Å². The molecule has 0 aliphatic heterocycles. The predicted molar refractivity (Wildman–Crippen MR) is 109 cm³/mol. The Bertz CT molecular complexity index is 1060.